The molecular weight excluding hydrogens is 240 g/mol. The fourth-order valence-corrected chi connectivity index (χ4v) is 2.08. The predicted molar refractivity (Wildman–Crippen MR) is 76.1 cm³/mol. The average Bonchev–Trinajstić information content (AvgIpc) is 2.46. The van der Waals surface area contributed by atoms with Gasteiger partial charge in [0.1, 0.15) is 11.9 Å². The highest BCUT2D eigenvalue weighted by Crippen LogP contribution is 2.21. The quantitative estimate of drug-likeness (QED) is 0.838. The zero-order valence-corrected chi connectivity index (χ0v) is 11.2. The molecule has 1 aromatic heterocycles. The Balaban J connectivity index is 2.31. The number of rotatable bonds is 5. The number of anilines is 1. The number of nitrogens with one attached hydrogen (secondary N) is 1. The van der Waals surface area contributed by atoms with Crippen LogP contribution in [0.25, 0.3) is 10.8 Å². The highest BCUT2D eigenvalue weighted by atomic mass is 16.5. The van der Waals surface area contributed by atoms with Crippen LogP contribution in [0.1, 0.15) is 19.8 Å². The Bertz CT molecular complexity index is 564. The lowest BCUT2D eigenvalue weighted by atomic mass is 10.1. The number of aromatic nitrogens is 1. The van der Waals surface area contributed by atoms with E-state index in [9.17, 15) is 4.79 Å². The molecule has 0 aliphatic carbocycles. The lowest BCUT2D eigenvalue weighted by molar-refractivity contribution is -0.141. The standard InChI is InChI=1S/C15H18N2O2/c1-3-6-13(15(18)19-2)17-14-12-8-5-4-7-11(12)9-10-16-14/h4-5,7-10,13H,3,6H2,1-2H3,(H,16,17). The topological polar surface area (TPSA) is 51.2 Å². The van der Waals surface area contributed by atoms with Gasteiger partial charge in [-0.1, -0.05) is 37.6 Å². The van der Waals surface area contributed by atoms with Gasteiger partial charge in [-0.25, -0.2) is 9.78 Å². The van der Waals surface area contributed by atoms with Gasteiger partial charge in [-0.3, -0.25) is 0 Å². The van der Waals surface area contributed by atoms with Crippen LogP contribution in [0.5, 0.6) is 0 Å². The van der Waals surface area contributed by atoms with Crippen LogP contribution < -0.4 is 5.32 Å². The maximum atomic E-state index is 11.7. The number of fused-ring (bicyclic) bond motifs is 1. The highest BCUT2D eigenvalue weighted by molar-refractivity contribution is 5.93. The van der Waals surface area contributed by atoms with Crippen molar-refractivity contribution in [1.29, 1.82) is 0 Å². The summed E-state index contributed by atoms with van der Waals surface area (Å²) < 4.78 is 4.82. The van der Waals surface area contributed by atoms with Gasteiger partial charge in [-0.15, -0.1) is 0 Å². The van der Waals surface area contributed by atoms with Gasteiger partial charge in [0.05, 0.1) is 7.11 Å². The Kier molecular flexibility index (Phi) is 4.34. The van der Waals surface area contributed by atoms with Crippen molar-refractivity contribution < 1.29 is 9.53 Å². The predicted octanol–water partition coefficient (Wildman–Crippen LogP) is 2.99. The summed E-state index contributed by atoms with van der Waals surface area (Å²) in [5, 5.41) is 5.29. The van der Waals surface area contributed by atoms with E-state index in [1.807, 2.05) is 37.3 Å². The molecule has 0 bridgehead atoms. The van der Waals surface area contributed by atoms with E-state index in [4.69, 9.17) is 4.74 Å². The van der Waals surface area contributed by atoms with Crippen LogP contribution in [0, 0.1) is 0 Å². The minimum Gasteiger partial charge on any atom is -0.467 e. The molecule has 0 saturated carbocycles. The van der Waals surface area contributed by atoms with Crippen LogP contribution in [-0.4, -0.2) is 24.1 Å². The van der Waals surface area contributed by atoms with Crippen molar-refractivity contribution in [2.24, 2.45) is 0 Å². The number of nitrogens with zero attached hydrogens (tertiary/aromatic N) is 1. The van der Waals surface area contributed by atoms with Gasteiger partial charge in [-0.2, -0.15) is 0 Å². The fraction of sp³-hybridized carbons (Fsp3) is 0.333. The van der Waals surface area contributed by atoms with Gasteiger partial charge >= 0.3 is 5.97 Å². The SMILES string of the molecule is CCCC(Nc1nccc2ccccc12)C(=O)OC. The van der Waals surface area contributed by atoms with Crippen LogP contribution in [0.2, 0.25) is 0 Å². The zero-order valence-electron chi connectivity index (χ0n) is 11.2. The van der Waals surface area contributed by atoms with Crippen molar-refractivity contribution in [2.75, 3.05) is 12.4 Å². The van der Waals surface area contributed by atoms with Crippen molar-refractivity contribution in [3.05, 3.63) is 36.5 Å². The molecule has 1 aromatic carbocycles. The number of esters is 1. The molecule has 0 saturated heterocycles. The Hall–Kier alpha value is -2.10. The smallest absolute Gasteiger partial charge is 0.328 e. The Morgan fingerprint density at radius 1 is 1.37 bits per heavy atom. The first-order chi connectivity index (χ1) is 9.26. The molecule has 0 spiro atoms. The van der Waals surface area contributed by atoms with E-state index in [1.165, 1.54) is 7.11 Å². The van der Waals surface area contributed by atoms with Crippen LogP contribution >= 0.6 is 0 Å². The second-order valence-corrected chi connectivity index (χ2v) is 4.39. The normalized spacial score (nSPS) is 12.1. The second kappa shape index (κ2) is 6.18. The van der Waals surface area contributed by atoms with Crippen molar-refractivity contribution in [2.45, 2.75) is 25.8 Å². The molecule has 0 aliphatic heterocycles. The van der Waals surface area contributed by atoms with Crippen LogP contribution in [-0.2, 0) is 9.53 Å². The molecule has 100 valence electrons. The minimum atomic E-state index is -0.353. The molecule has 4 heteroatoms. The largest absolute Gasteiger partial charge is 0.467 e. The molecule has 4 nitrogen and oxygen atoms in total. The number of methoxy groups -OCH3 is 1. The van der Waals surface area contributed by atoms with Gasteiger partial charge in [0.25, 0.3) is 0 Å². The third-order valence-corrected chi connectivity index (χ3v) is 3.05. The third kappa shape index (κ3) is 3.02. The number of pyridine rings is 1. The van der Waals surface area contributed by atoms with Gasteiger partial charge in [-0.05, 0) is 17.9 Å². The lowest BCUT2D eigenvalue weighted by Gasteiger charge is -2.17. The number of ether oxygens (including phenoxy) is 1. The van der Waals surface area contributed by atoms with E-state index >= 15 is 0 Å². The second-order valence-electron chi connectivity index (χ2n) is 4.39. The molecule has 2 aromatic rings. The van der Waals surface area contributed by atoms with Gasteiger partial charge in [0.15, 0.2) is 0 Å². The van der Waals surface area contributed by atoms with Crippen molar-refractivity contribution in [3.8, 4) is 0 Å². The van der Waals surface area contributed by atoms with Crippen molar-refractivity contribution >= 4 is 22.6 Å². The van der Waals surface area contributed by atoms with E-state index in [2.05, 4.69) is 10.3 Å². The van der Waals surface area contributed by atoms with E-state index in [-0.39, 0.29) is 12.0 Å². The highest BCUT2D eigenvalue weighted by Gasteiger charge is 2.19. The molecule has 0 aliphatic rings. The molecule has 19 heavy (non-hydrogen) atoms. The summed E-state index contributed by atoms with van der Waals surface area (Å²) in [5.74, 6) is 0.471. The lowest BCUT2D eigenvalue weighted by Crippen LogP contribution is -2.30. The minimum absolute atomic E-state index is 0.253. The molecule has 0 fully saturated rings. The van der Waals surface area contributed by atoms with E-state index < -0.39 is 0 Å². The van der Waals surface area contributed by atoms with Crippen LogP contribution in [0.4, 0.5) is 5.82 Å². The van der Waals surface area contributed by atoms with Gasteiger partial charge in [0, 0.05) is 11.6 Å². The summed E-state index contributed by atoms with van der Waals surface area (Å²) in [7, 11) is 1.41. The molecule has 0 amide bonds. The third-order valence-electron chi connectivity index (χ3n) is 3.05. The Morgan fingerprint density at radius 3 is 2.89 bits per heavy atom. The van der Waals surface area contributed by atoms with Crippen molar-refractivity contribution in [1.82, 2.24) is 4.98 Å². The molecule has 1 heterocycles. The number of hydrogen-bond acceptors (Lipinski definition) is 4. The van der Waals surface area contributed by atoms with Gasteiger partial charge in [0.2, 0.25) is 0 Å². The number of benzene rings is 1. The Labute approximate surface area is 112 Å². The van der Waals surface area contributed by atoms with Crippen molar-refractivity contribution in [3.63, 3.8) is 0 Å². The molecule has 0 radical (unpaired) electrons. The van der Waals surface area contributed by atoms with Gasteiger partial charge < -0.3 is 10.1 Å². The first kappa shape index (κ1) is 13.3. The summed E-state index contributed by atoms with van der Waals surface area (Å²) in [6, 6.07) is 9.56. The maximum Gasteiger partial charge on any atom is 0.328 e. The summed E-state index contributed by atoms with van der Waals surface area (Å²) >= 11 is 0. The fourth-order valence-electron chi connectivity index (χ4n) is 2.08. The molecule has 1 N–H and O–H groups in total. The zero-order chi connectivity index (χ0) is 13.7. The van der Waals surface area contributed by atoms with E-state index in [1.54, 1.807) is 6.20 Å². The molecule has 2 rings (SSSR count). The summed E-state index contributed by atoms with van der Waals surface area (Å²) in [5.41, 5.74) is 0. The molecule has 1 atom stereocenters. The molecular formula is C15H18N2O2. The molecule has 1 unspecified atom stereocenters. The average molecular weight is 258 g/mol. The summed E-state index contributed by atoms with van der Waals surface area (Å²) in [6.45, 7) is 2.04. The van der Waals surface area contributed by atoms with E-state index in [0.717, 1.165) is 29.4 Å². The number of hydrogen-bond donors (Lipinski definition) is 1. The first-order valence-corrected chi connectivity index (χ1v) is 6.44. The van der Waals surface area contributed by atoms with Crippen LogP contribution in [0.15, 0.2) is 36.5 Å². The summed E-state index contributed by atoms with van der Waals surface area (Å²) in [4.78, 5) is 16.1. The maximum absolute atomic E-state index is 11.7. The number of carbonyl (C=O) groups is 1. The summed E-state index contributed by atoms with van der Waals surface area (Å²) in [6.07, 6.45) is 3.36. The monoisotopic (exact) mass is 258 g/mol. The number of carbonyl (C=O) groups excluding carboxylic acids is 1. The van der Waals surface area contributed by atoms with Crippen LogP contribution in [0.3, 0.4) is 0 Å². The van der Waals surface area contributed by atoms with E-state index in [0.29, 0.717) is 0 Å². The Morgan fingerprint density at radius 2 is 2.16 bits per heavy atom. The first-order valence-electron chi connectivity index (χ1n) is 6.44.